The minimum Gasteiger partial charge on any atom is -0.346 e. The Bertz CT molecular complexity index is 553. The summed E-state index contributed by atoms with van der Waals surface area (Å²) in [6, 6.07) is 10.6. The molecule has 0 bridgehead atoms. The zero-order valence-corrected chi connectivity index (χ0v) is 12.1. The van der Waals surface area contributed by atoms with Crippen molar-refractivity contribution in [3.8, 4) is 0 Å². The first kappa shape index (κ1) is 13.0. The van der Waals surface area contributed by atoms with Gasteiger partial charge in [-0.3, -0.25) is 0 Å². The second-order valence-electron chi connectivity index (χ2n) is 4.98. The molecule has 1 aliphatic rings. The maximum Gasteiger partial charge on any atom is 0.0503 e. The van der Waals surface area contributed by atoms with E-state index in [9.17, 15) is 0 Å². The SMILES string of the molecule is Clc1cccc(Cl)c1Cn1cccc1CNC1CC1. The van der Waals surface area contributed by atoms with Crippen LogP contribution in [-0.4, -0.2) is 10.6 Å². The molecule has 1 heterocycles. The van der Waals surface area contributed by atoms with E-state index >= 15 is 0 Å². The Labute approximate surface area is 123 Å². The second-order valence-corrected chi connectivity index (χ2v) is 5.80. The van der Waals surface area contributed by atoms with Crippen LogP contribution in [0.1, 0.15) is 24.1 Å². The maximum absolute atomic E-state index is 6.22. The van der Waals surface area contributed by atoms with Gasteiger partial charge in [-0.2, -0.15) is 0 Å². The predicted octanol–water partition coefficient (Wildman–Crippen LogP) is 4.10. The Kier molecular flexibility index (Phi) is 3.83. The molecule has 1 N–H and O–H groups in total. The van der Waals surface area contributed by atoms with Gasteiger partial charge in [0.05, 0.1) is 6.54 Å². The number of nitrogens with zero attached hydrogens (tertiary/aromatic N) is 1. The topological polar surface area (TPSA) is 17.0 Å². The molecule has 2 nitrogen and oxygen atoms in total. The van der Waals surface area contributed by atoms with Crippen LogP contribution in [0.5, 0.6) is 0 Å². The number of hydrogen-bond acceptors (Lipinski definition) is 1. The van der Waals surface area contributed by atoms with Crippen molar-refractivity contribution in [1.82, 2.24) is 9.88 Å². The van der Waals surface area contributed by atoms with Crippen molar-refractivity contribution >= 4 is 23.2 Å². The highest BCUT2D eigenvalue weighted by atomic mass is 35.5. The Morgan fingerprint density at radius 2 is 1.84 bits per heavy atom. The van der Waals surface area contributed by atoms with E-state index < -0.39 is 0 Å². The molecule has 100 valence electrons. The molecular formula is C15H16Cl2N2. The van der Waals surface area contributed by atoms with Crippen molar-refractivity contribution in [3.63, 3.8) is 0 Å². The standard InChI is InChI=1S/C15H16Cl2N2/c16-14-4-1-5-15(17)13(14)10-19-8-2-3-12(19)9-18-11-6-7-11/h1-5,8,11,18H,6-7,9-10H2. The second kappa shape index (κ2) is 5.58. The molecule has 0 atom stereocenters. The van der Waals surface area contributed by atoms with Gasteiger partial charge in [-0.15, -0.1) is 0 Å². The molecule has 0 unspecified atom stereocenters. The van der Waals surface area contributed by atoms with Gasteiger partial charge in [-0.1, -0.05) is 29.3 Å². The van der Waals surface area contributed by atoms with Gasteiger partial charge in [-0.05, 0) is 37.1 Å². The monoisotopic (exact) mass is 294 g/mol. The van der Waals surface area contributed by atoms with Gasteiger partial charge in [0.25, 0.3) is 0 Å². The van der Waals surface area contributed by atoms with Gasteiger partial charge in [0, 0.05) is 40.1 Å². The quantitative estimate of drug-likeness (QED) is 0.879. The van der Waals surface area contributed by atoms with Gasteiger partial charge in [0.2, 0.25) is 0 Å². The molecule has 1 aromatic heterocycles. The first-order chi connectivity index (χ1) is 9.24. The van der Waals surface area contributed by atoms with Gasteiger partial charge in [0.1, 0.15) is 0 Å². The number of rotatable bonds is 5. The zero-order valence-electron chi connectivity index (χ0n) is 10.6. The van der Waals surface area contributed by atoms with Gasteiger partial charge in [-0.25, -0.2) is 0 Å². The summed E-state index contributed by atoms with van der Waals surface area (Å²) in [5.74, 6) is 0. The minimum atomic E-state index is 0.715. The summed E-state index contributed by atoms with van der Waals surface area (Å²) in [4.78, 5) is 0. The number of halogens is 2. The van der Waals surface area contributed by atoms with Gasteiger partial charge >= 0.3 is 0 Å². The number of benzene rings is 1. The molecule has 1 aromatic carbocycles. The van der Waals surface area contributed by atoms with Crippen LogP contribution in [0.25, 0.3) is 0 Å². The molecule has 0 aliphatic heterocycles. The Morgan fingerprint density at radius 1 is 1.11 bits per heavy atom. The third-order valence-electron chi connectivity index (χ3n) is 3.46. The number of aromatic nitrogens is 1. The van der Waals surface area contributed by atoms with Crippen LogP contribution in [0.15, 0.2) is 36.5 Å². The summed E-state index contributed by atoms with van der Waals surface area (Å²) in [7, 11) is 0. The summed E-state index contributed by atoms with van der Waals surface area (Å²) >= 11 is 12.4. The van der Waals surface area contributed by atoms with E-state index in [1.54, 1.807) is 0 Å². The molecule has 1 fully saturated rings. The van der Waals surface area contributed by atoms with Crippen LogP contribution < -0.4 is 5.32 Å². The average molecular weight is 295 g/mol. The molecule has 2 aromatic rings. The van der Waals surface area contributed by atoms with Crippen molar-refractivity contribution < 1.29 is 0 Å². The van der Waals surface area contributed by atoms with Crippen LogP contribution >= 0.6 is 23.2 Å². The molecule has 1 saturated carbocycles. The predicted molar refractivity (Wildman–Crippen MR) is 79.9 cm³/mol. The number of hydrogen-bond donors (Lipinski definition) is 1. The molecule has 1 aliphatic carbocycles. The van der Waals surface area contributed by atoms with E-state index in [4.69, 9.17) is 23.2 Å². The van der Waals surface area contributed by atoms with Crippen molar-refractivity contribution in [2.75, 3.05) is 0 Å². The molecule has 0 radical (unpaired) electrons. The first-order valence-corrected chi connectivity index (χ1v) is 7.30. The zero-order chi connectivity index (χ0) is 13.2. The number of nitrogens with one attached hydrogen (secondary N) is 1. The third kappa shape index (κ3) is 3.14. The Balaban J connectivity index is 1.77. The lowest BCUT2D eigenvalue weighted by atomic mass is 10.2. The van der Waals surface area contributed by atoms with E-state index in [0.717, 1.165) is 22.2 Å². The summed E-state index contributed by atoms with van der Waals surface area (Å²) in [5, 5.41) is 4.98. The molecule has 3 rings (SSSR count). The summed E-state index contributed by atoms with van der Waals surface area (Å²) in [5.41, 5.74) is 2.25. The molecule has 0 spiro atoms. The molecular weight excluding hydrogens is 279 g/mol. The van der Waals surface area contributed by atoms with E-state index in [1.807, 2.05) is 18.2 Å². The fourth-order valence-corrected chi connectivity index (χ4v) is 2.67. The summed E-state index contributed by atoms with van der Waals surface area (Å²) in [6.07, 6.45) is 4.68. The molecule has 0 amide bonds. The van der Waals surface area contributed by atoms with Crippen LogP contribution in [-0.2, 0) is 13.1 Å². The lowest BCUT2D eigenvalue weighted by Crippen LogP contribution is -2.18. The highest BCUT2D eigenvalue weighted by molar-refractivity contribution is 6.35. The highest BCUT2D eigenvalue weighted by Gasteiger charge is 2.20. The van der Waals surface area contributed by atoms with Gasteiger partial charge in [0.15, 0.2) is 0 Å². The molecule has 4 heteroatoms. The first-order valence-electron chi connectivity index (χ1n) is 6.54. The third-order valence-corrected chi connectivity index (χ3v) is 4.17. The van der Waals surface area contributed by atoms with Crippen molar-refractivity contribution in [2.24, 2.45) is 0 Å². The normalized spacial score (nSPS) is 14.8. The largest absolute Gasteiger partial charge is 0.346 e. The van der Waals surface area contributed by atoms with Crippen molar-refractivity contribution in [2.45, 2.75) is 32.0 Å². The van der Waals surface area contributed by atoms with Crippen LogP contribution in [0.2, 0.25) is 10.0 Å². The smallest absolute Gasteiger partial charge is 0.0503 e. The van der Waals surface area contributed by atoms with E-state index in [1.165, 1.54) is 18.5 Å². The van der Waals surface area contributed by atoms with Crippen LogP contribution in [0.4, 0.5) is 0 Å². The fourth-order valence-electron chi connectivity index (χ4n) is 2.15. The summed E-state index contributed by atoms with van der Waals surface area (Å²) < 4.78 is 2.20. The average Bonchev–Trinajstić information content (AvgIpc) is 3.11. The minimum absolute atomic E-state index is 0.715. The Morgan fingerprint density at radius 3 is 2.53 bits per heavy atom. The lowest BCUT2D eigenvalue weighted by Gasteiger charge is -2.12. The van der Waals surface area contributed by atoms with Crippen LogP contribution in [0.3, 0.4) is 0 Å². The summed E-state index contributed by atoms with van der Waals surface area (Å²) in [6.45, 7) is 1.62. The van der Waals surface area contributed by atoms with Crippen molar-refractivity contribution in [3.05, 3.63) is 57.8 Å². The molecule has 19 heavy (non-hydrogen) atoms. The molecule has 0 saturated heterocycles. The maximum atomic E-state index is 6.22. The van der Waals surface area contributed by atoms with E-state index in [2.05, 4.69) is 28.2 Å². The lowest BCUT2D eigenvalue weighted by molar-refractivity contribution is 0.634. The highest BCUT2D eigenvalue weighted by Crippen LogP contribution is 2.26. The van der Waals surface area contributed by atoms with Gasteiger partial charge < -0.3 is 9.88 Å². The Hall–Kier alpha value is -0.960. The van der Waals surface area contributed by atoms with Crippen molar-refractivity contribution in [1.29, 1.82) is 0 Å². The van der Waals surface area contributed by atoms with E-state index in [0.29, 0.717) is 12.6 Å². The fraction of sp³-hybridized carbons (Fsp3) is 0.333. The van der Waals surface area contributed by atoms with Crippen LogP contribution in [0, 0.1) is 0 Å². The van der Waals surface area contributed by atoms with E-state index in [-0.39, 0.29) is 0 Å².